The first-order valence-electron chi connectivity index (χ1n) is 15.3. The van der Waals surface area contributed by atoms with Crippen LogP contribution in [0.4, 0.5) is 17.1 Å². The molecule has 3 aromatic rings. The lowest BCUT2D eigenvalue weighted by Gasteiger charge is -2.24. The molecule has 11 nitrogen and oxygen atoms in total. The number of allylic oxidation sites excluding steroid dienone is 4. The monoisotopic (exact) mass is 645 g/mol. The Balaban J connectivity index is 1.44. The molecule has 0 atom stereocenters. The third kappa shape index (κ3) is 7.29. The summed E-state index contributed by atoms with van der Waals surface area (Å²) in [5.74, 6) is 0.859. The van der Waals surface area contributed by atoms with E-state index < -0.39 is 10.0 Å². The summed E-state index contributed by atoms with van der Waals surface area (Å²) in [7, 11) is -2.16. The molecule has 1 aliphatic heterocycles. The van der Waals surface area contributed by atoms with Gasteiger partial charge < -0.3 is 14.6 Å². The van der Waals surface area contributed by atoms with E-state index in [4.69, 9.17) is 4.74 Å². The van der Waals surface area contributed by atoms with Gasteiger partial charge in [0.2, 0.25) is 10.0 Å². The minimum atomic E-state index is -3.60. The van der Waals surface area contributed by atoms with E-state index in [1.165, 1.54) is 12.7 Å². The highest BCUT2D eigenvalue weighted by Crippen LogP contribution is 2.39. The fourth-order valence-electron chi connectivity index (χ4n) is 5.48. The highest BCUT2D eigenvalue weighted by molar-refractivity contribution is 7.92. The number of hydrazine groups is 2. The summed E-state index contributed by atoms with van der Waals surface area (Å²) in [5, 5.41) is 4.80. The van der Waals surface area contributed by atoms with Gasteiger partial charge in [-0.3, -0.25) is 20.0 Å². The molecule has 0 saturated carbocycles. The minimum Gasteiger partial charge on any atom is -0.492 e. The van der Waals surface area contributed by atoms with Crippen molar-refractivity contribution in [3.05, 3.63) is 94.7 Å². The van der Waals surface area contributed by atoms with Crippen molar-refractivity contribution in [3.8, 4) is 5.75 Å². The molecule has 0 fully saturated rings. The lowest BCUT2D eigenvalue weighted by atomic mass is 9.86. The van der Waals surface area contributed by atoms with Gasteiger partial charge in [-0.25, -0.2) is 13.4 Å². The molecular weight excluding hydrogens is 602 g/mol. The van der Waals surface area contributed by atoms with Crippen LogP contribution in [0.3, 0.4) is 0 Å². The molecule has 1 aliphatic carbocycles. The van der Waals surface area contributed by atoms with Crippen LogP contribution in [-0.4, -0.2) is 37.2 Å². The second kappa shape index (κ2) is 13.1. The number of aryl methyl sites for hydroxylation is 2. The molecule has 2 heterocycles. The molecular formula is C34H43N7O4S. The van der Waals surface area contributed by atoms with Crippen molar-refractivity contribution in [2.45, 2.75) is 65.8 Å². The standard InChI is InChI=1S/C34H43N7O4S/c1-8-31-35-19-30(40(31)20-23-12-10-9-11-13-23)28-21-41(39-37-28)29-16-24(15-14-22(29)2)33(42)36-26-17-25(34(3,4)5)18-27(32(26)45-6)38-46(7,43)44/h10,12-19,21,37-39H,8-9,11,20H2,1-7H3,(H,36,42). The lowest BCUT2D eigenvalue weighted by Crippen LogP contribution is -2.36. The van der Waals surface area contributed by atoms with Crippen LogP contribution in [0.15, 0.2) is 66.5 Å². The quantitative estimate of drug-likeness (QED) is 0.218. The molecule has 2 aliphatic rings. The summed E-state index contributed by atoms with van der Waals surface area (Å²) in [6.45, 7) is 10.9. The smallest absolute Gasteiger partial charge is 0.255 e. The SMILES string of the molecule is CCc1ncc(C2=CN(c3cc(C(=O)Nc4cc(C(C)(C)C)cc(NS(C)(=O)=O)c4OC)ccc3C)NN2)n1CC1=CCCC=C1. The topological polar surface area (TPSA) is 130 Å². The first-order valence-corrected chi connectivity index (χ1v) is 17.2. The number of nitrogens with one attached hydrogen (secondary N) is 4. The predicted molar refractivity (Wildman–Crippen MR) is 184 cm³/mol. The summed E-state index contributed by atoms with van der Waals surface area (Å²) in [4.78, 5) is 18.4. The third-order valence-electron chi connectivity index (χ3n) is 7.95. The van der Waals surface area contributed by atoms with Gasteiger partial charge in [0.05, 0.1) is 54.2 Å². The molecule has 4 N–H and O–H groups in total. The lowest BCUT2D eigenvalue weighted by molar-refractivity contribution is 0.102. The highest BCUT2D eigenvalue weighted by Gasteiger charge is 2.24. The highest BCUT2D eigenvalue weighted by atomic mass is 32.2. The summed E-state index contributed by atoms with van der Waals surface area (Å²) < 4.78 is 34.6. The molecule has 244 valence electrons. The molecule has 1 aromatic heterocycles. The van der Waals surface area contributed by atoms with Gasteiger partial charge in [-0.15, -0.1) is 5.53 Å². The van der Waals surface area contributed by atoms with Crippen LogP contribution in [0.2, 0.25) is 0 Å². The molecule has 5 rings (SSSR count). The van der Waals surface area contributed by atoms with Crippen molar-refractivity contribution >= 4 is 38.7 Å². The van der Waals surface area contributed by atoms with E-state index in [1.54, 1.807) is 18.2 Å². The summed E-state index contributed by atoms with van der Waals surface area (Å²) in [6, 6.07) is 8.99. The number of anilines is 3. The van der Waals surface area contributed by atoms with Gasteiger partial charge in [0.1, 0.15) is 5.82 Å². The largest absolute Gasteiger partial charge is 0.492 e. The number of ether oxygens (including phenoxy) is 1. The maximum atomic E-state index is 13.7. The van der Waals surface area contributed by atoms with Gasteiger partial charge in [-0.1, -0.05) is 52.0 Å². The van der Waals surface area contributed by atoms with Crippen molar-refractivity contribution in [1.82, 2.24) is 20.5 Å². The number of rotatable bonds is 10. The first-order chi connectivity index (χ1) is 21.8. The number of imidazole rings is 1. The molecule has 1 amide bonds. The molecule has 0 bridgehead atoms. The van der Waals surface area contributed by atoms with Gasteiger partial charge in [0, 0.05) is 18.5 Å². The Labute approximate surface area is 271 Å². The zero-order valence-electron chi connectivity index (χ0n) is 27.5. The summed E-state index contributed by atoms with van der Waals surface area (Å²) in [5.41, 5.74) is 12.8. The van der Waals surface area contributed by atoms with E-state index in [9.17, 15) is 13.2 Å². The number of benzene rings is 2. The average Bonchev–Trinajstić information content (AvgIpc) is 3.63. The molecule has 2 aromatic carbocycles. The summed E-state index contributed by atoms with van der Waals surface area (Å²) >= 11 is 0. The number of carbonyl (C=O) groups is 1. The van der Waals surface area contributed by atoms with Crippen molar-refractivity contribution in [2.24, 2.45) is 0 Å². The van der Waals surface area contributed by atoms with Crippen LogP contribution in [-0.2, 0) is 28.4 Å². The number of sulfonamides is 1. The van der Waals surface area contributed by atoms with Crippen LogP contribution in [0, 0.1) is 6.92 Å². The van der Waals surface area contributed by atoms with Gasteiger partial charge in [0.15, 0.2) is 5.75 Å². The normalized spacial score (nSPS) is 14.9. The van der Waals surface area contributed by atoms with Crippen LogP contribution < -0.4 is 30.7 Å². The maximum absolute atomic E-state index is 13.7. The number of methoxy groups -OCH3 is 1. The van der Waals surface area contributed by atoms with Crippen LogP contribution in [0.5, 0.6) is 5.75 Å². The van der Waals surface area contributed by atoms with E-state index in [1.807, 2.05) is 57.2 Å². The van der Waals surface area contributed by atoms with E-state index in [-0.39, 0.29) is 22.8 Å². The zero-order chi connectivity index (χ0) is 33.2. The predicted octanol–water partition coefficient (Wildman–Crippen LogP) is 5.79. The minimum absolute atomic E-state index is 0.222. The third-order valence-corrected chi connectivity index (χ3v) is 8.54. The summed E-state index contributed by atoms with van der Waals surface area (Å²) in [6.07, 6.45) is 14.5. The van der Waals surface area contributed by atoms with Crippen molar-refractivity contribution < 1.29 is 17.9 Å². The number of amides is 1. The van der Waals surface area contributed by atoms with Crippen molar-refractivity contribution in [2.75, 3.05) is 28.4 Å². The second-order valence-electron chi connectivity index (χ2n) is 12.6. The van der Waals surface area contributed by atoms with Crippen LogP contribution in [0.25, 0.3) is 5.70 Å². The molecule has 0 spiro atoms. The molecule has 0 radical (unpaired) electrons. The number of carbonyl (C=O) groups excluding carboxylic acids is 1. The number of hydrogen-bond acceptors (Lipinski definition) is 8. The van der Waals surface area contributed by atoms with Crippen LogP contribution in [0.1, 0.15) is 73.5 Å². The first kappa shape index (κ1) is 32.8. The van der Waals surface area contributed by atoms with Gasteiger partial charge in [0.25, 0.3) is 5.91 Å². The number of aromatic nitrogens is 2. The molecule has 0 saturated heterocycles. The zero-order valence-corrected chi connectivity index (χ0v) is 28.3. The number of nitrogens with zero attached hydrogens (tertiary/aromatic N) is 3. The van der Waals surface area contributed by atoms with Gasteiger partial charge in [-0.05, 0) is 66.1 Å². The Morgan fingerprint density at radius 1 is 1.13 bits per heavy atom. The Bertz CT molecular complexity index is 1850. The van der Waals surface area contributed by atoms with E-state index in [0.29, 0.717) is 11.3 Å². The average molecular weight is 646 g/mol. The van der Waals surface area contributed by atoms with Crippen molar-refractivity contribution in [1.29, 1.82) is 0 Å². The van der Waals surface area contributed by atoms with E-state index in [0.717, 1.165) is 66.1 Å². The fraction of sp³-hybridized carbons (Fsp3) is 0.353. The molecule has 0 unspecified atom stereocenters. The van der Waals surface area contributed by atoms with E-state index >= 15 is 0 Å². The van der Waals surface area contributed by atoms with Gasteiger partial charge in [-0.2, -0.15) is 0 Å². The Hall–Kier alpha value is -4.55. The molecule has 12 heteroatoms. The number of hydrogen-bond donors (Lipinski definition) is 4. The van der Waals surface area contributed by atoms with Gasteiger partial charge >= 0.3 is 0 Å². The van der Waals surface area contributed by atoms with Crippen molar-refractivity contribution in [3.63, 3.8) is 0 Å². The fourth-order valence-corrected chi connectivity index (χ4v) is 6.04. The Morgan fingerprint density at radius 2 is 1.89 bits per heavy atom. The van der Waals surface area contributed by atoms with E-state index in [2.05, 4.69) is 55.7 Å². The Kier molecular flexibility index (Phi) is 9.32. The second-order valence-corrected chi connectivity index (χ2v) is 14.3. The molecule has 46 heavy (non-hydrogen) atoms. The maximum Gasteiger partial charge on any atom is 0.255 e. The Morgan fingerprint density at radius 3 is 2.54 bits per heavy atom. The van der Waals surface area contributed by atoms with Crippen LogP contribution >= 0.6 is 0 Å².